The van der Waals surface area contributed by atoms with Crippen molar-refractivity contribution in [3.63, 3.8) is 0 Å². The van der Waals surface area contributed by atoms with Crippen molar-refractivity contribution < 1.29 is 4.74 Å². The molecule has 0 aromatic carbocycles. The molecule has 2 heteroatoms. The van der Waals surface area contributed by atoms with Gasteiger partial charge in [-0.15, -0.1) is 0 Å². The molecule has 2 rings (SSSR count). The summed E-state index contributed by atoms with van der Waals surface area (Å²) in [6.45, 7) is 15.9. The summed E-state index contributed by atoms with van der Waals surface area (Å²) in [6, 6.07) is 0. The van der Waals surface area contributed by atoms with E-state index in [0.29, 0.717) is 0 Å². The number of rotatable bonds is 4. The lowest BCUT2D eigenvalue weighted by atomic mass is 9.83. The van der Waals surface area contributed by atoms with Crippen molar-refractivity contribution in [1.29, 1.82) is 0 Å². The van der Waals surface area contributed by atoms with Crippen LogP contribution in [0.3, 0.4) is 0 Å². The summed E-state index contributed by atoms with van der Waals surface area (Å²) in [6.07, 6.45) is 9.51. The average molecular weight is 291 g/mol. The molecule has 0 radical (unpaired) electrons. The zero-order valence-electron chi connectivity index (χ0n) is 14.6. The first-order valence-electron chi connectivity index (χ1n) is 8.57. The molecule has 3 unspecified atom stereocenters. The maximum absolute atomic E-state index is 6.04. The van der Waals surface area contributed by atoms with E-state index < -0.39 is 0 Å². The van der Waals surface area contributed by atoms with Crippen molar-refractivity contribution in [1.82, 2.24) is 4.90 Å². The zero-order valence-corrected chi connectivity index (χ0v) is 14.6. The van der Waals surface area contributed by atoms with Crippen LogP contribution >= 0.6 is 0 Å². The maximum atomic E-state index is 6.04. The highest BCUT2D eigenvalue weighted by Crippen LogP contribution is 2.29. The van der Waals surface area contributed by atoms with Gasteiger partial charge in [0, 0.05) is 19.6 Å². The second-order valence-corrected chi connectivity index (χ2v) is 8.12. The number of hydrogen-bond donors (Lipinski definition) is 0. The molecule has 0 N–H and O–H groups in total. The van der Waals surface area contributed by atoms with E-state index in [-0.39, 0.29) is 11.5 Å². The third kappa shape index (κ3) is 5.27. The van der Waals surface area contributed by atoms with Gasteiger partial charge in [0.1, 0.15) is 0 Å². The number of ether oxygens (including phenoxy) is 1. The first kappa shape index (κ1) is 16.8. The summed E-state index contributed by atoms with van der Waals surface area (Å²) in [5, 5.41) is 0. The summed E-state index contributed by atoms with van der Waals surface area (Å²) in [4.78, 5) is 2.57. The van der Waals surface area contributed by atoms with Gasteiger partial charge in [-0.05, 0) is 35.7 Å². The second kappa shape index (κ2) is 7.11. The fourth-order valence-electron chi connectivity index (χ4n) is 3.59. The van der Waals surface area contributed by atoms with Crippen LogP contribution in [0.5, 0.6) is 0 Å². The number of likely N-dealkylation sites (tertiary alicyclic amines) is 1. The van der Waals surface area contributed by atoms with Gasteiger partial charge in [0.2, 0.25) is 0 Å². The predicted octanol–water partition coefficient (Wildman–Crippen LogP) is 4.28. The molecule has 0 aromatic rings. The molecular weight excluding hydrogens is 258 g/mol. The highest BCUT2D eigenvalue weighted by atomic mass is 16.5. The largest absolute Gasteiger partial charge is 0.372 e. The number of nitrogens with zero attached hydrogens (tertiary/aromatic N) is 1. The molecule has 21 heavy (non-hydrogen) atoms. The van der Waals surface area contributed by atoms with E-state index in [4.69, 9.17) is 4.74 Å². The molecule has 0 spiro atoms. The van der Waals surface area contributed by atoms with Gasteiger partial charge in [-0.1, -0.05) is 52.8 Å². The Bertz CT molecular complexity index is 381. The van der Waals surface area contributed by atoms with Crippen LogP contribution in [-0.2, 0) is 4.74 Å². The first-order chi connectivity index (χ1) is 9.84. The van der Waals surface area contributed by atoms with Crippen LogP contribution in [0.4, 0.5) is 0 Å². The van der Waals surface area contributed by atoms with Crippen molar-refractivity contribution >= 4 is 0 Å². The van der Waals surface area contributed by atoms with Crippen LogP contribution in [0, 0.1) is 17.3 Å². The molecule has 1 aliphatic heterocycles. The van der Waals surface area contributed by atoms with Crippen molar-refractivity contribution in [3.05, 3.63) is 23.8 Å². The van der Waals surface area contributed by atoms with Crippen LogP contribution in [0.2, 0.25) is 0 Å². The van der Waals surface area contributed by atoms with Crippen molar-refractivity contribution in [2.24, 2.45) is 17.3 Å². The van der Waals surface area contributed by atoms with Gasteiger partial charge in [0.15, 0.2) is 0 Å². The van der Waals surface area contributed by atoms with Crippen LogP contribution < -0.4 is 0 Å². The third-order valence-electron chi connectivity index (χ3n) is 4.61. The normalized spacial score (nSPS) is 31.3. The fraction of sp³-hybridized carbons (Fsp3) is 0.789. The Morgan fingerprint density at radius 3 is 2.38 bits per heavy atom. The molecule has 3 atom stereocenters. The minimum Gasteiger partial charge on any atom is -0.372 e. The number of allylic oxidation sites excluding steroid dienone is 2. The van der Waals surface area contributed by atoms with Crippen LogP contribution in [-0.4, -0.2) is 37.2 Å². The molecule has 1 aliphatic carbocycles. The predicted molar refractivity (Wildman–Crippen MR) is 90.4 cm³/mol. The van der Waals surface area contributed by atoms with E-state index in [1.54, 1.807) is 0 Å². The van der Waals surface area contributed by atoms with Gasteiger partial charge in [-0.2, -0.15) is 0 Å². The number of piperidine rings is 1. The summed E-state index contributed by atoms with van der Waals surface area (Å²) >= 11 is 0. The molecule has 2 aliphatic rings. The van der Waals surface area contributed by atoms with E-state index in [2.05, 4.69) is 57.7 Å². The van der Waals surface area contributed by atoms with Crippen LogP contribution in [0.25, 0.3) is 0 Å². The van der Waals surface area contributed by atoms with Gasteiger partial charge in [-0.3, -0.25) is 0 Å². The van der Waals surface area contributed by atoms with E-state index in [1.165, 1.54) is 25.1 Å². The van der Waals surface area contributed by atoms with Crippen molar-refractivity contribution in [2.45, 2.75) is 53.6 Å². The molecule has 0 aromatic heterocycles. The first-order valence-corrected chi connectivity index (χ1v) is 8.57. The lowest BCUT2D eigenvalue weighted by molar-refractivity contribution is 0.0471. The van der Waals surface area contributed by atoms with E-state index in [0.717, 1.165) is 31.4 Å². The second-order valence-electron chi connectivity index (χ2n) is 8.12. The minimum absolute atomic E-state index is 0.252. The Labute approximate surface area is 131 Å². The van der Waals surface area contributed by atoms with Gasteiger partial charge in [0.25, 0.3) is 0 Å². The van der Waals surface area contributed by atoms with E-state index in [1.807, 2.05) is 0 Å². The average Bonchev–Trinajstić information content (AvgIpc) is 2.37. The monoisotopic (exact) mass is 291 g/mol. The third-order valence-corrected chi connectivity index (χ3v) is 4.61. The Kier molecular flexibility index (Phi) is 5.67. The molecule has 0 saturated carbocycles. The van der Waals surface area contributed by atoms with Gasteiger partial charge < -0.3 is 9.64 Å². The minimum atomic E-state index is 0.252. The highest BCUT2D eigenvalue weighted by molar-refractivity contribution is 5.29. The lowest BCUT2D eigenvalue weighted by Crippen LogP contribution is -2.40. The van der Waals surface area contributed by atoms with Crippen molar-refractivity contribution in [2.75, 3.05) is 26.2 Å². The molecule has 1 heterocycles. The van der Waals surface area contributed by atoms with E-state index >= 15 is 0 Å². The molecule has 0 amide bonds. The Balaban J connectivity index is 1.69. The standard InChI is InChI=1S/C19H33NO/c1-15-12-16(2)14-20(13-15)10-11-21-18-8-6-17(7-9-18)19(3,4)5/h6-8,15-16,18H,9-14H2,1-5H3. The summed E-state index contributed by atoms with van der Waals surface area (Å²) in [7, 11) is 0. The lowest BCUT2D eigenvalue weighted by Gasteiger charge is -2.35. The Hall–Kier alpha value is -0.600. The quantitative estimate of drug-likeness (QED) is 0.766. The van der Waals surface area contributed by atoms with Gasteiger partial charge >= 0.3 is 0 Å². The number of hydrogen-bond acceptors (Lipinski definition) is 2. The topological polar surface area (TPSA) is 12.5 Å². The fourth-order valence-corrected chi connectivity index (χ4v) is 3.59. The van der Waals surface area contributed by atoms with Crippen LogP contribution in [0.15, 0.2) is 23.8 Å². The summed E-state index contributed by atoms with van der Waals surface area (Å²) in [5.74, 6) is 1.67. The molecule has 1 saturated heterocycles. The molecule has 0 bridgehead atoms. The molecular formula is C19H33NO. The Morgan fingerprint density at radius 1 is 1.19 bits per heavy atom. The summed E-state index contributed by atoms with van der Waals surface area (Å²) in [5.41, 5.74) is 1.68. The van der Waals surface area contributed by atoms with Gasteiger partial charge in [0.05, 0.1) is 12.7 Å². The molecule has 2 nitrogen and oxygen atoms in total. The zero-order chi connectivity index (χ0) is 15.5. The molecule has 1 fully saturated rings. The summed E-state index contributed by atoms with van der Waals surface area (Å²) < 4.78 is 6.04. The SMILES string of the molecule is CC1CC(C)CN(CCOC2C=CC(C(C)(C)C)=CC2)C1. The Morgan fingerprint density at radius 2 is 1.86 bits per heavy atom. The van der Waals surface area contributed by atoms with E-state index in [9.17, 15) is 0 Å². The van der Waals surface area contributed by atoms with Gasteiger partial charge in [-0.25, -0.2) is 0 Å². The van der Waals surface area contributed by atoms with Crippen LogP contribution in [0.1, 0.15) is 47.5 Å². The maximum Gasteiger partial charge on any atom is 0.0794 e. The highest BCUT2D eigenvalue weighted by Gasteiger charge is 2.22. The van der Waals surface area contributed by atoms with Crippen molar-refractivity contribution in [3.8, 4) is 0 Å². The molecule has 120 valence electrons. The smallest absolute Gasteiger partial charge is 0.0794 e.